The Labute approximate surface area is 94.1 Å². The number of hydrogen-bond donors (Lipinski definition) is 2. The van der Waals surface area contributed by atoms with Crippen molar-refractivity contribution in [3.63, 3.8) is 0 Å². The van der Waals surface area contributed by atoms with Crippen molar-refractivity contribution < 1.29 is 9.84 Å². The second-order valence-electron chi connectivity index (χ2n) is 3.55. The molecule has 2 rings (SSSR count). The molecule has 0 aliphatic carbocycles. The Balaban J connectivity index is 2.51. The Kier molecular flexibility index (Phi) is 2.68. The molecular formula is C13H13NO2. The van der Waals surface area contributed by atoms with Crippen molar-refractivity contribution in [2.24, 2.45) is 0 Å². The molecule has 0 saturated carbocycles. The highest BCUT2D eigenvalue weighted by Crippen LogP contribution is 2.29. The minimum absolute atomic E-state index is 0.178. The van der Waals surface area contributed by atoms with Gasteiger partial charge in [-0.2, -0.15) is 0 Å². The van der Waals surface area contributed by atoms with Gasteiger partial charge in [-0.25, -0.2) is 0 Å². The highest BCUT2D eigenvalue weighted by Gasteiger charge is 2.03. The van der Waals surface area contributed by atoms with E-state index in [1.165, 1.54) is 0 Å². The van der Waals surface area contributed by atoms with E-state index in [-0.39, 0.29) is 5.75 Å². The van der Waals surface area contributed by atoms with Crippen LogP contribution in [0.15, 0.2) is 42.5 Å². The number of phenols is 1. The molecule has 3 heteroatoms. The molecule has 0 heterocycles. The SMILES string of the molecule is COc1cc(O)cc(-c2cccc(N)c2)c1. The average Bonchev–Trinajstić information content (AvgIpc) is 2.28. The second kappa shape index (κ2) is 4.14. The van der Waals surface area contributed by atoms with E-state index in [0.717, 1.165) is 11.1 Å². The summed E-state index contributed by atoms with van der Waals surface area (Å²) in [6.07, 6.45) is 0. The molecule has 0 atom stereocenters. The highest BCUT2D eigenvalue weighted by atomic mass is 16.5. The van der Waals surface area contributed by atoms with Crippen molar-refractivity contribution in [1.82, 2.24) is 0 Å². The van der Waals surface area contributed by atoms with Crippen LogP contribution < -0.4 is 10.5 Å². The maximum absolute atomic E-state index is 9.54. The van der Waals surface area contributed by atoms with Crippen LogP contribution in [-0.2, 0) is 0 Å². The number of nitrogen functional groups attached to an aromatic ring is 1. The Hall–Kier alpha value is -2.16. The third-order valence-corrected chi connectivity index (χ3v) is 2.35. The largest absolute Gasteiger partial charge is 0.508 e. The lowest BCUT2D eigenvalue weighted by Gasteiger charge is -2.06. The maximum atomic E-state index is 9.54. The number of benzene rings is 2. The van der Waals surface area contributed by atoms with Crippen molar-refractivity contribution in [2.75, 3.05) is 12.8 Å². The number of aromatic hydroxyl groups is 1. The maximum Gasteiger partial charge on any atom is 0.123 e. The molecule has 0 saturated heterocycles. The van der Waals surface area contributed by atoms with Crippen LogP contribution in [0, 0.1) is 0 Å². The molecule has 0 amide bonds. The van der Waals surface area contributed by atoms with E-state index < -0.39 is 0 Å². The summed E-state index contributed by atoms with van der Waals surface area (Å²) in [4.78, 5) is 0. The first-order chi connectivity index (χ1) is 7.69. The van der Waals surface area contributed by atoms with E-state index in [4.69, 9.17) is 10.5 Å². The summed E-state index contributed by atoms with van der Waals surface area (Å²) in [5.74, 6) is 0.800. The molecule has 82 valence electrons. The summed E-state index contributed by atoms with van der Waals surface area (Å²) >= 11 is 0. The van der Waals surface area contributed by atoms with Gasteiger partial charge < -0.3 is 15.6 Å². The number of methoxy groups -OCH3 is 1. The third kappa shape index (κ3) is 2.08. The first-order valence-corrected chi connectivity index (χ1v) is 4.93. The van der Waals surface area contributed by atoms with Gasteiger partial charge in [0.15, 0.2) is 0 Å². The van der Waals surface area contributed by atoms with Crippen LogP contribution in [0.3, 0.4) is 0 Å². The fraction of sp³-hybridized carbons (Fsp3) is 0.0769. The molecule has 0 radical (unpaired) electrons. The van der Waals surface area contributed by atoms with Gasteiger partial charge in [-0.15, -0.1) is 0 Å². The molecule has 3 nitrogen and oxygen atoms in total. The van der Waals surface area contributed by atoms with Gasteiger partial charge in [-0.1, -0.05) is 12.1 Å². The molecule has 0 bridgehead atoms. The Morgan fingerprint density at radius 3 is 2.56 bits per heavy atom. The van der Waals surface area contributed by atoms with Crippen molar-refractivity contribution >= 4 is 5.69 Å². The van der Waals surface area contributed by atoms with Gasteiger partial charge in [0.05, 0.1) is 7.11 Å². The number of anilines is 1. The summed E-state index contributed by atoms with van der Waals surface area (Å²) in [5.41, 5.74) is 8.24. The van der Waals surface area contributed by atoms with Crippen LogP contribution in [0.4, 0.5) is 5.69 Å². The lowest BCUT2D eigenvalue weighted by atomic mass is 10.0. The normalized spacial score (nSPS) is 10.1. The number of hydrogen-bond acceptors (Lipinski definition) is 3. The van der Waals surface area contributed by atoms with Crippen molar-refractivity contribution in [2.45, 2.75) is 0 Å². The molecule has 2 aromatic rings. The molecule has 0 fully saturated rings. The van der Waals surface area contributed by atoms with E-state index in [0.29, 0.717) is 11.4 Å². The van der Waals surface area contributed by atoms with E-state index in [1.54, 1.807) is 19.2 Å². The lowest BCUT2D eigenvalue weighted by Crippen LogP contribution is -1.87. The van der Waals surface area contributed by atoms with E-state index in [2.05, 4.69) is 0 Å². The predicted molar refractivity (Wildman–Crippen MR) is 64.5 cm³/mol. The first-order valence-electron chi connectivity index (χ1n) is 4.93. The molecule has 0 spiro atoms. The molecule has 0 unspecified atom stereocenters. The standard InChI is InChI=1S/C13H13NO2/c1-16-13-7-10(6-12(15)8-13)9-3-2-4-11(14)5-9/h2-8,15H,14H2,1H3. The minimum atomic E-state index is 0.178. The molecular weight excluding hydrogens is 202 g/mol. The minimum Gasteiger partial charge on any atom is -0.508 e. The molecule has 2 aromatic carbocycles. The zero-order valence-corrected chi connectivity index (χ0v) is 8.97. The van der Waals surface area contributed by atoms with E-state index in [9.17, 15) is 5.11 Å². The van der Waals surface area contributed by atoms with Crippen LogP contribution in [0.5, 0.6) is 11.5 Å². The van der Waals surface area contributed by atoms with Gasteiger partial charge in [-0.3, -0.25) is 0 Å². The van der Waals surface area contributed by atoms with Crippen LogP contribution >= 0.6 is 0 Å². The van der Waals surface area contributed by atoms with Crippen LogP contribution in [0.2, 0.25) is 0 Å². The Morgan fingerprint density at radius 1 is 1.06 bits per heavy atom. The Morgan fingerprint density at radius 2 is 1.88 bits per heavy atom. The molecule has 16 heavy (non-hydrogen) atoms. The molecule has 0 aliphatic rings. The van der Waals surface area contributed by atoms with Gasteiger partial charge in [0.1, 0.15) is 11.5 Å². The quantitative estimate of drug-likeness (QED) is 0.757. The molecule has 0 aromatic heterocycles. The van der Waals surface area contributed by atoms with Crippen LogP contribution in [-0.4, -0.2) is 12.2 Å². The second-order valence-corrected chi connectivity index (χ2v) is 3.55. The van der Waals surface area contributed by atoms with E-state index in [1.807, 2.05) is 30.3 Å². The van der Waals surface area contributed by atoms with E-state index >= 15 is 0 Å². The number of rotatable bonds is 2. The summed E-state index contributed by atoms with van der Waals surface area (Å²) in [6.45, 7) is 0. The fourth-order valence-corrected chi connectivity index (χ4v) is 1.59. The zero-order valence-electron chi connectivity index (χ0n) is 8.97. The number of nitrogens with two attached hydrogens (primary N) is 1. The fourth-order valence-electron chi connectivity index (χ4n) is 1.59. The van der Waals surface area contributed by atoms with Gasteiger partial charge in [0, 0.05) is 11.8 Å². The first kappa shape index (κ1) is 10.4. The summed E-state index contributed by atoms with van der Waals surface area (Å²) in [6, 6.07) is 12.6. The Bertz CT molecular complexity index is 509. The molecule has 3 N–H and O–H groups in total. The summed E-state index contributed by atoms with van der Waals surface area (Å²) in [5, 5.41) is 9.54. The van der Waals surface area contributed by atoms with Crippen molar-refractivity contribution in [1.29, 1.82) is 0 Å². The number of ether oxygens (including phenoxy) is 1. The van der Waals surface area contributed by atoms with Crippen molar-refractivity contribution in [3.05, 3.63) is 42.5 Å². The average molecular weight is 215 g/mol. The predicted octanol–water partition coefficient (Wildman–Crippen LogP) is 2.65. The van der Waals surface area contributed by atoms with Crippen molar-refractivity contribution in [3.8, 4) is 22.6 Å². The smallest absolute Gasteiger partial charge is 0.123 e. The summed E-state index contributed by atoms with van der Waals surface area (Å²) < 4.78 is 5.10. The monoisotopic (exact) mass is 215 g/mol. The molecule has 0 aliphatic heterocycles. The van der Waals surface area contributed by atoms with Gasteiger partial charge in [0.25, 0.3) is 0 Å². The van der Waals surface area contributed by atoms with Crippen LogP contribution in [0.25, 0.3) is 11.1 Å². The third-order valence-electron chi connectivity index (χ3n) is 2.35. The zero-order chi connectivity index (χ0) is 11.5. The van der Waals surface area contributed by atoms with Gasteiger partial charge in [0.2, 0.25) is 0 Å². The topological polar surface area (TPSA) is 55.5 Å². The summed E-state index contributed by atoms with van der Waals surface area (Å²) in [7, 11) is 1.57. The van der Waals surface area contributed by atoms with Crippen LogP contribution in [0.1, 0.15) is 0 Å². The number of phenolic OH excluding ortho intramolecular Hbond substituents is 1. The lowest BCUT2D eigenvalue weighted by molar-refractivity contribution is 0.408. The van der Waals surface area contributed by atoms with Gasteiger partial charge in [-0.05, 0) is 35.4 Å². The van der Waals surface area contributed by atoms with Gasteiger partial charge >= 0.3 is 0 Å². The highest BCUT2D eigenvalue weighted by molar-refractivity contribution is 5.70.